The average Bonchev–Trinajstić information content (AvgIpc) is 3.23. The summed E-state index contributed by atoms with van der Waals surface area (Å²) in [5.74, 6) is 2.10. The van der Waals surface area contributed by atoms with E-state index in [0.29, 0.717) is 24.8 Å². The van der Waals surface area contributed by atoms with E-state index in [1.165, 1.54) is 0 Å². The highest BCUT2D eigenvalue weighted by atomic mass is 16.5. The normalized spacial score (nSPS) is 18.8. The van der Waals surface area contributed by atoms with Crippen LogP contribution < -0.4 is 0 Å². The number of carbonyl (C=O) groups is 2. The maximum atomic E-state index is 12.4. The van der Waals surface area contributed by atoms with Gasteiger partial charge in [0.1, 0.15) is 0 Å². The van der Waals surface area contributed by atoms with Gasteiger partial charge in [0.15, 0.2) is 11.6 Å². The van der Waals surface area contributed by atoms with Crippen LogP contribution in [0.5, 0.6) is 0 Å². The number of aromatic nitrogens is 4. The highest BCUT2D eigenvalue weighted by Gasteiger charge is 2.37. The summed E-state index contributed by atoms with van der Waals surface area (Å²) in [6.45, 7) is 4.20. The van der Waals surface area contributed by atoms with Crippen molar-refractivity contribution in [3.63, 3.8) is 0 Å². The third kappa shape index (κ3) is 2.97. The third-order valence-electron chi connectivity index (χ3n) is 5.29. The number of amides is 2. The molecule has 9 heteroatoms. The van der Waals surface area contributed by atoms with Crippen molar-refractivity contribution in [3.05, 3.63) is 29.9 Å². The molecule has 0 atom stereocenters. The molecular formula is C17H22N6O3. The fourth-order valence-corrected chi connectivity index (χ4v) is 3.55. The Morgan fingerprint density at radius 3 is 2.50 bits per heavy atom. The molecule has 0 unspecified atom stereocenters. The second-order valence-electron chi connectivity index (χ2n) is 7.04. The highest BCUT2D eigenvalue weighted by Crippen LogP contribution is 2.30. The summed E-state index contributed by atoms with van der Waals surface area (Å²) in [5, 5.41) is 4.14. The molecule has 9 nitrogen and oxygen atoms in total. The summed E-state index contributed by atoms with van der Waals surface area (Å²) in [6, 6.07) is 0. The standard InChI is InChI=1S/C17H22N6O3/c1-11(24)22-6-3-12(4-7-22)14-19-16(26-20-14)13-9-23(10-13)17(25)15-18-5-8-21(15)2/h5,8,12-13H,3-4,6-7,9-10H2,1-2H3. The molecular weight excluding hydrogens is 336 g/mol. The first kappa shape index (κ1) is 16.7. The van der Waals surface area contributed by atoms with Crippen molar-refractivity contribution >= 4 is 11.8 Å². The number of carbonyl (C=O) groups excluding carboxylic acids is 2. The summed E-state index contributed by atoms with van der Waals surface area (Å²) in [5.41, 5.74) is 0. The quantitative estimate of drug-likeness (QED) is 0.804. The summed E-state index contributed by atoms with van der Waals surface area (Å²) in [4.78, 5) is 36.0. The highest BCUT2D eigenvalue weighted by molar-refractivity contribution is 5.91. The van der Waals surface area contributed by atoms with Crippen LogP contribution in [0.15, 0.2) is 16.9 Å². The number of imidazole rings is 1. The third-order valence-corrected chi connectivity index (χ3v) is 5.29. The van der Waals surface area contributed by atoms with Gasteiger partial charge in [0.25, 0.3) is 5.91 Å². The predicted octanol–water partition coefficient (Wildman–Crippen LogP) is 0.769. The topological polar surface area (TPSA) is 97.4 Å². The average molecular weight is 358 g/mol. The first-order valence-corrected chi connectivity index (χ1v) is 8.88. The van der Waals surface area contributed by atoms with Gasteiger partial charge in [-0.15, -0.1) is 0 Å². The van der Waals surface area contributed by atoms with Crippen LogP contribution in [0.4, 0.5) is 0 Å². The summed E-state index contributed by atoms with van der Waals surface area (Å²) in [7, 11) is 1.80. The molecule has 2 aliphatic heterocycles. The fourth-order valence-electron chi connectivity index (χ4n) is 3.55. The van der Waals surface area contributed by atoms with E-state index in [1.807, 2.05) is 4.90 Å². The van der Waals surface area contributed by atoms with Crippen LogP contribution in [-0.4, -0.2) is 67.5 Å². The summed E-state index contributed by atoms with van der Waals surface area (Å²) in [6.07, 6.45) is 5.08. The number of likely N-dealkylation sites (tertiary alicyclic amines) is 2. The van der Waals surface area contributed by atoms with Crippen LogP contribution in [0, 0.1) is 0 Å². The van der Waals surface area contributed by atoms with Crippen molar-refractivity contribution in [1.82, 2.24) is 29.5 Å². The van der Waals surface area contributed by atoms with Crippen LogP contribution in [0.3, 0.4) is 0 Å². The van der Waals surface area contributed by atoms with Gasteiger partial charge in [-0.3, -0.25) is 9.59 Å². The lowest BCUT2D eigenvalue weighted by Gasteiger charge is -2.36. The Morgan fingerprint density at radius 2 is 1.88 bits per heavy atom. The minimum Gasteiger partial charge on any atom is -0.343 e. The van der Waals surface area contributed by atoms with E-state index in [2.05, 4.69) is 15.1 Å². The molecule has 0 radical (unpaired) electrons. The molecule has 0 spiro atoms. The van der Waals surface area contributed by atoms with E-state index in [0.717, 1.165) is 31.8 Å². The molecule has 2 aliphatic rings. The van der Waals surface area contributed by atoms with Gasteiger partial charge < -0.3 is 18.9 Å². The molecule has 2 aromatic rings. The molecule has 2 fully saturated rings. The molecule has 0 N–H and O–H groups in total. The molecule has 2 aromatic heterocycles. The monoisotopic (exact) mass is 358 g/mol. The van der Waals surface area contributed by atoms with Crippen LogP contribution in [0.2, 0.25) is 0 Å². The summed E-state index contributed by atoms with van der Waals surface area (Å²) < 4.78 is 7.15. The van der Waals surface area contributed by atoms with Crippen LogP contribution in [0.25, 0.3) is 0 Å². The molecule has 4 rings (SSSR count). The Bertz CT molecular complexity index is 814. The minimum absolute atomic E-state index is 0.0786. The number of rotatable bonds is 3. The van der Waals surface area contributed by atoms with Crippen LogP contribution in [0.1, 0.15) is 53.9 Å². The summed E-state index contributed by atoms with van der Waals surface area (Å²) >= 11 is 0. The van der Waals surface area contributed by atoms with Gasteiger partial charge in [-0.25, -0.2) is 4.98 Å². The van der Waals surface area contributed by atoms with E-state index in [1.54, 1.807) is 35.8 Å². The Balaban J connectivity index is 1.33. The van der Waals surface area contributed by atoms with Gasteiger partial charge >= 0.3 is 0 Å². The first-order chi connectivity index (χ1) is 12.5. The van der Waals surface area contributed by atoms with E-state index >= 15 is 0 Å². The zero-order valence-corrected chi connectivity index (χ0v) is 15.0. The van der Waals surface area contributed by atoms with Crippen LogP contribution >= 0.6 is 0 Å². The molecule has 26 heavy (non-hydrogen) atoms. The Kier molecular flexibility index (Phi) is 4.21. The fraction of sp³-hybridized carbons (Fsp3) is 0.588. The van der Waals surface area contributed by atoms with Crippen molar-refractivity contribution in [2.24, 2.45) is 7.05 Å². The molecule has 0 aromatic carbocycles. The van der Waals surface area contributed by atoms with Crippen molar-refractivity contribution in [3.8, 4) is 0 Å². The maximum absolute atomic E-state index is 12.4. The molecule has 0 bridgehead atoms. The van der Waals surface area contributed by atoms with Crippen molar-refractivity contribution in [2.75, 3.05) is 26.2 Å². The van der Waals surface area contributed by atoms with Gasteiger partial charge in [0.2, 0.25) is 11.8 Å². The number of hydrogen-bond acceptors (Lipinski definition) is 6. The van der Waals surface area contributed by atoms with E-state index in [-0.39, 0.29) is 23.7 Å². The number of aryl methyl sites for hydroxylation is 1. The van der Waals surface area contributed by atoms with Crippen molar-refractivity contribution < 1.29 is 14.1 Å². The van der Waals surface area contributed by atoms with E-state index < -0.39 is 0 Å². The molecule has 2 saturated heterocycles. The van der Waals surface area contributed by atoms with Gasteiger partial charge in [-0.2, -0.15) is 4.98 Å². The van der Waals surface area contributed by atoms with E-state index in [4.69, 9.17) is 4.52 Å². The van der Waals surface area contributed by atoms with Crippen LogP contribution in [-0.2, 0) is 11.8 Å². The zero-order chi connectivity index (χ0) is 18.3. The van der Waals surface area contributed by atoms with Gasteiger partial charge in [-0.1, -0.05) is 5.16 Å². The second-order valence-corrected chi connectivity index (χ2v) is 7.04. The number of piperidine rings is 1. The van der Waals surface area contributed by atoms with E-state index in [9.17, 15) is 9.59 Å². The molecule has 4 heterocycles. The Labute approximate surface area is 151 Å². The number of hydrogen-bond donors (Lipinski definition) is 0. The SMILES string of the molecule is CC(=O)N1CCC(c2noc(C3CN(C(=O)c4nccn4C)C3)n2)CC1. The largest absolute Gasteiger partial charge is 0.343 e. The molecule has 138 valence electrons. The Morgan fingerprint density at radius 1 is 1.15 bits per heavy atom. The molecule has 0 saturated carbocycles. The zero-order valence-electron chi connectivity index (χ0n) is 15.0. The van der Waals surface area contributed by atoms with Crippen molar-refractivity contribution in [1.29, 1.82) is 0 Å². The van der Waals surface area contributed by atoms with Gasteiger partial charge in [-0.05, 0) is 12.8 Å². The first-order valence-electron chi connectivity index (χ1n) is 8.88. The predicted molar refractivity (Wildman–Crippen MR) is 90.4 cm³/mol. The Hall–Kier alpha value is -2.71. The molecule has 0 aliphatic carbocycles. The second kappa shape index (κ2) is 6.54. The van der Waals surface area contributed by atoms with Crippen molar-refractivity contribution in [2.45, 2.75) is 31.6 Å². The molecule has 2 amide bonds. The number of nitrogens with zero attached hydrogens (tertiary/aromatic N) is 6. The lowest BCUT2D eigenvalue weighted by Crippen LogP contribution is -2.49. The minimum atomic E-state index is -0.0786. The lowest BCUT2D eigenvalue weighted by molar-refractivity contribution is -0.129. The smallest absolute Gasteiger partial charge is 0.289 e. The van der Waals surface area contributed by atoms with Gasteiger partial charge in [0.05, 0.1) is 5.92 Å². The maximum Gasteiger partial charge on any atom is 0.289 e. The van der Waals surface area contributed by atoms with Gasteiger partial charge in [0, 0.05) is 58.5 Å². The lowest BCUT2D eigenvalue weighted by atomic mass is 9.96.